The van der Waals surface area contributed by atoms with Crippen molar-refractivity contribution in [1.29, 1.82) is 0 Å². The van der Waals surface area contributed by atoms with Crippen LogP contribution in [0.25, 0.3) is 22.2 Å². The van der Waals surface area contributed by atoms with Crippen molar-refractivity contribution in [1.82, 2.24) is 10.4 Å². The highest BCUT2D eigenvalue weighted by Crippen LogP contribution is 2.34. The number of pyridine rings is 1. The number of nitrogens with zero attached hydrogens (tertiary/aromatic N) is 2. The molecule has 0 radical (unpaired) electrons. The minimum Gasteiger partial charge on any atom is -0.497 e. The molecule has 6 nitrogen and oxygen atoms in total. The largest absolute Gasteiger partial charge is 0.497 e. The Balaban J connectivity index is 1.70. The third kappa shape index (κ3) is 4.48. The van der Waals surface area contributed by atoms with Gasteiger partial charge in [0.05, 0.1) is 37.2 Å². The lowest BCUT2D eigenvalue weighted by Crippen LogP contribution is -2.18. The first-order valence-electron chi connectivity index (χ1n) is 10.2. The highest BCUT2D eigenvalue weighted by Gasteiger charge is 2.16. The average molecular weight is 446 g/mol. The summed E-state index contributed by atoms with van der Waals surface area (Å²) in [6.45, 7) is 2.11. The molecule has 0 fully saturated rings. The van der Waals surface area contributed by atoms with Crippen LogP contribution < -0.4 is 14.9 Å². The Kier molecular flexibility index (Phi) is 6.47. The van der Waals surface area contributed by atoms with Gasteiger partial charge in [0.1, 0.15) is 11.5 Å². The van der Waals surface area contributed by atoms with Gasteiger partial charge in [-0.2, -0.15) is 5.10 Å². The van der Waals surface area contributed by atoms with Gasteiger partial charge in [-0.3, -0.25) is 4.79 Å². The number of hydrogen-bond acceptors (Lipinski definition) is 6. The Morgan fingerprint density at radius 2 is 1.94 bits per heavy atom. The van der Waals surface area contributed by atoms with Crippen LogP contribution in [0.3, 0.4) is 0 Å². The summed E-state index contributed by atoms with van der Waals surface area (Å²) >= 11 is 1.65. The van der Waals surface area contributed by atoms with Crippen LogP contribution in [0.1, 0.15) is 27.0 Å². The van der Waals surface area contributed by atoms with Gasteiger partial charge in [0, 0.05) is 26.8 Å². The van der Waals surface area contributed by atoms with E-state index in [4.69, 9.17) is 14.5 Å². The van der Waals surface area contributed by atoms with E-state index in [0.717, 1.165) is 22.2 Å². The molecule has 1 amide bonds. The number of aryl methyl sites for hydroxylation is 1. The Labute approximate surface area is 190 Å². The number of para-hydroxylation sites is 1. The van der Waals surface area contributed by atoms with Crippen molar-refractivity contribution in [3.8, 4) is 22.8 Å². The number of fused-ring (bicyclic) bond motifs is 1. The lowest BCUT2D eigenvalue weighted by Gasteiger charge is -2.12. The van der Waals surface area contributed by atoms with E-state index in [1.165, 1.54) is 4.88 Å². The van der Waals surface area contributed by atoms with Crippen molar-refractivity contribution in [3.63, 3.8) is 0 Å². The van der Waals surface area contributed by atoms with Crippen LogP contribution >= 0.6 is 11.3 Å². The van der Waals surface area contributed by atoms with E-state index in [0.29, 0.717) is 28.3 Å². The monoisotopic (exact) mass is 445 g/mol. The molecule has 0 saturated heterocycles. The van der Waals surface area contributed by atoms with Crippen LogP contribution in [0.15, 0.2) is 65.8 Å². The van der Waals surface area contributed by atoms with Crippen LogP contribution in [-0.4, -0.2) is 31.3 Å². The summed E-state index contributed by atoms with van der Waals surface area (Å²) < 4.78 is 10.8. The standard InChI is InChI=1S/C25H23N3O3S/c1-4-17-10-11-18(32-17)15-26-28-25(29)21-14-23(27-22-8-6-5-7-19(21)22)20-12-9-16(30-2)13-24(20)31-3/h5-15H,4H2,1-3H3,(H,28,29). The van der Waals surface area contributed by atoms with E-state index in [1.807, 2.05) is 42.5 Å². The molecule has 0 atom stereocenters. The molecule has 4 rings (SSSR count). The third-order valence-electron chi connectivity index (χ3n) is 5.03. The number of ether oxygens (including phenoxy) is 2. The van der Waals surface area contributed by atoms with Gasteiger partial charge in [-0.05, 0) is 42.8 Å². The molecule has 2 aromatic carbocycles. The number of carbonyl (C=O) groups excluding carboxylic acids is 1. The quantitative estimate of drug-likeness (QED) is 0.309. The number of thiophene rings is 1. The number of methoxy groups -OCH3 is 2. The number of carbonyl (C=O) groups is 1. The lowest BCUT2D eigenvalue weighted by atomic mass is 10.0. The van der Waals surface area contributed by atoms with E-state index < -0.39 is 0 Å². The van der Waals surface area contributed by atoms with Gasteiger partial charge < -0.3 is 9.47 Å². The van der Waals surface area contributed by atoms with Crippen molar-refractivity contribution < 1.29 is 14.3 Å². The number of hydrogen-bond donors (Lipinski definition) is 1. The maximum atomic E-state index is 13.0. The molecule has 7 heteroatoms. The van der Waals surface area contributed by atoms with E-state index in [-0.39, 0.29) is 5.91 Å². The molecule has 0 spiro atoms. The summed E-state index contributed by atoms with van der Waals surface area (Å²) in [7, 11) is 3.20. The number of rotatable bonds is 7. The van der Waals surface area contributed by atoms with E-state index >= 15 is 0 Å². The minimum atomic E-state index is -0.305. The fourth-order valence-corrected chi connectivity index (χ4v) is 4.20. The van der Waals surface area contributed by atoms with Gasteiger partial charge in [0.2, 0.25) is 0 Å². The molecule has 162 valence electrons. The molecular formula is C25H23N3O3S. The Morgan fingerprint density at radius 1 is 1.09 bits per heavy atom. The van der Waals surface area contributed by atoms with Crippen molar-refractivity contribution in [3.05, 3.63) is 76.0 Å². The van der Waals surface area contributed by atoms with E-state index in [2.05, 4.69) is 23.5 Å². The van der Waals surface area contributed by atoms with Crippen molar-refractivity contribution >= 4 is 34.4 Å². The minimum absolute atomic E-state index is 0.305. The molecular weight excluding hydrogens is 422 g/mol. The van der Waals surface area contributed by atoms with Gasteiger partial charge in [-0.1, -0.05) is 25.1 Å². The third-order valence-corrected chi connectivity index (χ3v) is 6.20. The van der Waals surface area contributed by atoms with Crippen LogP contribution in [0.2, 0.25) is 0 Å². The summed E-state index contributed by atoms with van der Waals surface area (Å²) in [6, 6.07) is 18.9. The van der Waals surface area contributed by atoms with Gasteiger partial charge in [-0.25, -0.2) is 10.4 Å². The maximum absolute atomic E-state index is 13.0. The fraction of sp³-hybridized carbons (Fsp3) is 0.160. The number of hydrazone groups is 1. The number of benzene rings is 2. The average Bonchev–Trinajstić information content (AvgIpc) is 3.30. The van der Waals surface area contributed by atoms with Crippen LogP contribution in [0.4, 0.5) is 0 Å². The Bertz CT molecular complexity index is 1300. The molecule has 0 aliphatic carbocycles. The highest BCUT2D eigenvalue weighted by molar-refractivity contribution is 7.13. The molecule has 4 aromatic rings. The van der Waals surface area contributed by atoms with Crippen molar-refractivity contribution in [2.75, 3.05) is 14.2 Å². The zero-order chi connectivity index (χ0) is 22.5. The molecule has 0 saturated carbocycles. The molecule has 32 heavy (non-hydrogen) atoms. The van der Waals surface area contributed by atoms with Crippen LogP contribution in [-0.2, 0) is 6.42 Å². The predicted molar refractivity (Wildman–Crippen MR) is 129 cm³/mol. The molecule has 0 aliphatic heterocycles. The second-order valence-electron chi connectivity index (χ2n) is 7.00. The molecule has 0 unspecified atom stereocenters. The summed E-state index contributed by atoms with van der Waals surface area (Å²) in [5.41, 5.74) is 5.24. The van der Waals surface area contributed by atoms with Gasteiger partial charge >= 0.3 is 0 Å². The molecule has 2 aromatic heterocycles. The van der Waals surface area contributed by atoms with E-state index in [9.17, 15) is 4.79 Å². The Morgan fingerprint density at radius 3 is 2.69 bits per heavy atom. The van der Waals surface area contributed by atoms with Crippen molar-refractivity contribution in [2.45, 2.75) is 13.3 Å². The summed E-state index contributed by atoms with van der Waals surface area (Å²) in [5.74, 6) is 0.986. The first-order chi connectivity index (χ1) is 15.6. The van der Waals surface area contributed by atoms with Gasteiger partial charge in [-0.15, -0.1) is 11.3 Å². The number of nitrogens with one attached hydrogen (secondary N) is 1. The second kappa shape index (κ2) is 9.62. The first-order valence-corrected chi connectivity index (χ1v) is 11.0. The topological polar surface area (TPSA) is 72.8 Å². The SMILES string of the molecule is CCc1ccc(C=NNC(=O)c2cc(-c3ccc(OC)cc3OC)nc3ccccc23)s1. The summed E-state index contributed by atoms with van der Waals surface area (Å²) in [5, 5.41) is 4.91. The Hall–Kier alpha value is -3.71. The molecule has 0 bridgehead atoms. The number of amides is 1. The molecule has 0 aliphatic rings. The highest BCUT2D eigenvalue weighted by atomic mass is 32.1. The first kappa shape index (κ1) is 21.5. The summed E-state index contributed by atoms with van der Waals surface area (Å²) in [4.78, 5) is 20.1. The smallest absolute Gasteiger partial charge is 0.272 e. The van der Waals surface area contributed by atoms with Gasteiger partial charge in [0.25, 0.3) is 5.91 Å². The molecule has 2 heterocycles. The molecule has 1 N–H and O–H groups in total. The normalized spacial score (nSPS) is 11.1. The van der Waals surface area contributed by atoms with Gasteiger partial charge in [0.15, 0.2) is 0 Å². The van der Waals surface area contributed by atoms with Crippen LogP contribution in [0, 0.1) is 0 Å². The second-order valence-corrected chi connectivity index (χ2v) is 8.20. The maximum Gasteiger partial charge on any atom is 0.272 e. The number of aromatic nitrogens is 1. The lowest BCUT2D eigenvalue weighted by molar-refractivity contribution is 0.0956. The predicted octanol–water partition coefficient (Wildman–Crippen LogP) is 5.31. The zero-order valence-electron chi connectivity index (χ0n) is 18.1. The van der Waals surface area contributed by atoms with E-state index in [1.54, 1.807) is 43.9 Å². The zero-order valence-corrected chi connectivity index (χ0v) is 18.9. The fourth-order valence-electron chi connectivity index (χ4n) is 3.38. The van der Waals surface area contributed by atoms with Crippen molar-refractivity contribution in [2.24, 2.45) is 5.10 Å². The van der Waals surface area contributed by atoms with Crippen LogP contribution in [0.5, 0.6) is 11.5 Å². The summed E-state index contributed by atoms with van der Waals surface area (Å²) in [6.07, 6.45) is 2.64.